The van der Waals surface area contributed by atoms with Gasteiger partial charge < -0.3 is 15.0 Å². The summed E-state index contributed by atoms with van der Waals surface area (Å²) in [6, 6.07) is 7.79. The SMILES string of the molecule is COc1cc(C)c(S(=O)(=O)N[C@@H](Cc2ccc(Cl)cc2)C(=O)NCCN2CCN(C)CC2)c(C)c1C. The molecule has 0 radical (unpaired) electrons. The Kier molecular flexibility index (Phi) is 9.77. The van der Waals surface area contributed by atoms with E-state index in [4.69, 9.17) is 16.3 Å². The van der Waals surface area contributed by atoms with Gasteiger partial charge in [0.2, 0.25) is 15.9 Å². The molecule has 1 aliphatic rings. The fourth-order valence-corrected chi connectivity index (χ4v) is 6.32. The van der Waals surface area contributed by atoms with E-state index in [0.717, 1.165) is 43.9 Å². The molecule has 0 bridgehead atoms. The summed E-state index contributed by atoms with van der Waals surface area (Å²) >= 11 is 6.01. The maximum Gasteiger partial charge on any atom is 0.241 e. The number of likely N-dealkylation sites (N-methyl/N-ethyl adjacent to an activating group) is 1. The summed E-state index contributed by atoms with van der Waals surface area (Å²) in [5.41, 5.74) is 2.71. The number of methoxy groups -OCH3 is 1. The molecule has 0 saturated carbocycles. The molecule has 2 aromatic carbocycles. The van der Waals surface area contributed by atoms with Gasteiger partial charge in [0.1, 0.15) is 11.8 Å². The molecular weight excluding hydrogens is 500 g/mol. The number of amides is 1. The molecule has 2 aromatic rings. The average molecular weight is 537 g/mol. The van der Waals surface area contributed by atoms with Crippen molar-refractivity contribution < 1.29 is 17.9 Å². The van der Waals surface area contributed by atoms with Crippen molar-refractivity contribution >= 4 is 27.5 Å². The zero-order chi connectivity index (χ0) is 26.5. The normalized spacial score (nSPS) is 16.1. The first-order chi connectivity index (χ1) is 17.0. The van der Waals surface area contributed by atoms with Gasteiger partial charge in [0.25, 0.3) is 0 Å². The summed E-state index contributed by atoms with van der Waals surface area (Å²) in [5, 5.41) is 3.51. The third kappa shape index (κ3) is 7.20. The summed E-state index contributed by atoms with van der Waals surface area (Å²) in [4.78, 5) is 18.0. The molecule has 0 aromatic heterocycles. The lowest BCUT2D eigenvalue weighted by Crippen LogP contribution is -2.51. The number of benzene rings is 2. The fourth-order valence-electron chi connectivity index (χ4n) is 4.47. The van der Waals surface area contributed by atoms with Crippen LogP contribution >= 0.6 is 11.6 Å². The molecule has 1 saturated heterocycles. The predicted molar refractivity (Wildman–Crippen MR) is 143 cm³/mol. The van der Waals surface area contributed by atoms with Crippen LogP contribution < -0.4 is 14.8 Å². The van der Waals surface area contributed by atoms with Crippen LogP contribution in [0.15, 0.2) is 35.2 Å². The van der Waals surface area contributed by atoms with Crippen molar-refractivity contribution in [3.8, 4) is 5.75 Å². The van der Waals surface area contributed by atoms with E-state index in [0.29, 0.717) is 28.4 Å². The number of aryl methyl sites for hydroxylation is 1. The molecule has 1 aliphatic heterocycles. The largest absolute Gasteiger partial charge is 0.496 e. The highest BCUT2D eigenvalue weighted by molar-refractivity contribution is 7.89. The molecule has 36 heavy (non-hydrogen) atoms. The Morgan fingerprint density at radius 2 is 1.72 bits per heavy atom. The molecule has 0 unspecified atom stereocenters. The second-order valence-electron chi connectivity index (χ2n) is 9.42. The lowest BCUT2D eigenvalue weighted by molar-refractivity contribution is -0.122. The molecule has 0 spiro atoms. The summed E-state index contributed by atoms with van der Waals surface area (Å²) in [5.74, 6) is 0.270. The standard InChI is InChI=1S/C26H37ClN4O4S/c1-18-16-24(35-5)19(2)20(3)25(18)36(33,34)29-23(17-21-6-8-22(27)9-7-21)26(32)28-10-11-31-14-12-30(4)13-15-31/h6-9,16,23,29H,10-15,17H2,1-5H3,(H,28,32)/t23-/m0/s1. The van der Waals surface area contributed by atoms with Gasteiger partial charge in [-0.05, 0) is 74.7 Å². The number of hydrogen-bond acceptors (Lipinski definition) is 6. The predicted octanol–water partition coefficient (Wildman–Crippen LogP) is 2.53. The van der Waals surface area contributed by atoms with Crippen LogP contribution in [-0.2, 0) is 21.2 Å². The number of carbonyl (C=O) groups excluding carboxylic acids is 1. The lowest BCUT2D eigenvalue weighted by atomic mass is 10.1. The summed E-state index contributed by atoms with van der Waals surface area (Å²) < 4.78 is 35.2. The van der Waals surface area contributed by atoms with Crippen LogP contribution in [0.5, 0.6) is 5.75 Å². The van der Waals surface area contributed by atoms with E-state index in [-0.39, 0.29) is 17.2 Å². The Hall–Kier alpha value is -2.17. The van der Waals surface area contributed by atoms with Gasteiger partial charge in [0, 0.05) is 44.3 Å². The van der Waals surface area contributed by atoms with Gasteiger partial charge in [-0.2, -0.15) is 4.72 Å². The minimum Gasteiger partial charge on any atom is -0.496 e. The Balaban J connectivity index is 1.79. The summed E-state index contributed by atoms with van der Waals surface area (Å²) in [7, 11) is -0.346. The number of sulfonamides is 1. The minimum absolute atomic E-state index is 0.173. The second kappa shape index (κ2) is 12.4. The molecule has 8 nitrogen and oxygen atoms in total. The molecule has 1 heterocycles. The molecule has 198 valence electrons. The van der Waals surface area contributed by atoms with Crippen molar-refractivity contribution in [2.45, 2.75) is 38.1 Å². The van der Waals surface area contributed by atoms with E-state index in [2.05, 4.69) is 26.9 Å². The minimum atomic E-state index is -4.00. The van der Waals surface area contributed by atoms with E-state index in [9.17, 15) is 13.2 Å². The van der Waals surface area contributed by atoms with Crippen molar-refractivity contribution in [2.75, 3.05) is 53.4 Å². The lowest BCUT2D eigenvalue weighted by Gasteiger charge is -2.32. The van der Waals surface area contributed by atoms with Crippen LogP contribution in [0.25, 0.3) is 0 Å². The Morgan fingerprint density at radius 1 is 1.08 bits per heavy atom. The second-order valence-corrected chi connectivity index (χ2v) is 11.5. The maximum absolute atomic E-state index is 13.6. The Morgan fingerprint density at radius 3 is 2.33 bits per heavy atom. The van der Waals surface area contributed by atoms with Crippen LogP contribution in [-0.4, -0.2) is 83.6 Å². The van der Waals surface area contributed by atoms with E-state index in [1.54, 1.807) is 51.3 Å². The third-order valence-corrected chi connectivity index (χ3v) is 8.77. The van der Waals surface area contributed by atoms with Gasteiger partial charge in [0.05, 0.1) is 12.0 Å². The first kappa shape index (κ1) is 28.4. The Bertz CT molecular complexity index is 1160. The number of nitrogens with one attached hydrogen (secondary N) is 2. The fraction of sp³-hybridized carbons (Fsp3) is 0.500. The van der Waals surface area contributed by atoms with E-state index < -0.39 is 16.1 Å². The molecule has 1 amide bonds. The van der Waals surface area contributed by atoms with Gasteiger partial charge in [-0.25, -0.2) is 8.42 Å². The van der Waals surface area contributed by atoms with Crippen LogP contribution in [0.4, 0.5) is 0 Å². The topological polar surface area (TPSA) is 91.0 Å². The van der Waals surface area contributed by atoms with E-state index in [1.165, 1.54) is 0 Å². The molecule has 1 atom stereocenters. The van der Waals surface area contributed by atoms with Gasteiger partial charge in [-0.1, -0.05) is 23.7 Å². The number of halogens is 1. The highest BCUT2D eigenvalue weighted by Crippen LogP contribution is 2.30. The van der Waals surface area contributed by atoms with Crippen LogP contribution in [0.1, 0.15) is 22.3 Å². The number of rotatable bonds is 10. The van der Waals surface area contributed by atoms with Gasteiger partial charge >= 0.3 is 0 Å². The number of nitrogens with zero attached hydrogens (tertiary/aromatic N) is 2. The molecule has 2 N–H and O–H groups in total. The molecule has 10 heteroatoms. The van der Waals surface area contributed by atoms with Gasteiger partial charge in [-0.3, -0.25) is 9.69 Å². The Labute approximate surface area is 220 Å². The smallest absolute Gasteiger partial charge is 0.241 e. The summed E-state index contributed by atoms with van der Waals surface area (Å²) in [6.45, 7) is 10.3. The number of piperazine rings is 1. The molecule has 0 aliphatic carbocycles. The van der Waals surface area contributed by atoms with E-state index >= 15 is 0 Å². The molecular formula is C26H37ClN4O4S. The number of ether oxygens (including phenoxy) is 1. The highest BCUT2D eigenvalue weighted by Gasteiger charge is 2.29. The van der Waals surface area contributed by atoms with Crippen LogP contribution in [0.3, 0.4) is 0 Å². The van der Waals surface area contributed by atoms with Crippen molar-refractivity contribution in [3.05, 3.63) is 57.6 Å². The zero-order valence-corrected chi connectivity index (χ0v) is 23.3. The summed E-state index contributed by atoms with van der Waals surface area (Å²) in [6.07, 6.45) is 0.198. The van der Waals surface area contributed by atoms with Crippen molar-refractivity contribution in [2.24, 2.45) is 0 Å². The monoisotopic (exact) mass is 536 g/mol. The van der Waals surface area contributed by atoms with Crippen molar-refractivity contribution in [1.29, 1.82) is 0 Å². The zero-order valence-electron chi connectivity index (χ0n) is 21.7. The average Bonchev–Trinajstić information content (AvgIpc) is 2.83. The van der Waals surface area contributed by atoms with E-state index in [1.807, 2.05) is 6.92 Å². The van der Waals surface area contributed by atoms with Crippen molar-refractivity contribution in [3.63, 3.8) is 0 Å². The molecule has 3 rings (SSSR count). The van der Waals surface area contributed by atoms with Crippen LogP contribution in [0.2, 0.25) is 5.02 Å². The molecule has 1 fully saturated rings. The van der Waals surface area contributed by atoms with Gasteiger partial charge in [-0.15, -0.1) is 0 Å². The quantitative estimate of drug-likeness (QED) is 0.485. The highest BCUT2D eigenvalue weighted by atomic mass is 35.5. The van der Waals surface area contributed by atoms with Crippen molar-refractivity contribution in [1.82, 2.24) is 19.8 Å². The third-order valence-electron chi connectivity index (χ3n) is 6.76. The van der Waals surface area contributed by atoms with Gasteiger partial charge in [0.15, 0.2) is 0 Å². The maximum atomic E-state index is 13.6. The first-order valence-corrected chi connectivity index (χ1v) is 14.0. The van der Waals surface area contributed by atoms with Crippen LogP contribution in [0, 0.1) is 20.8 Å². The number of carbonyl (C=O) groups is 1. The number of hydrogen-bond donors (Lipinski definition) is 2. The first-order valence-electron chi connectivity index (χ1n) is 12.1.